The van der Waals surface area contributed by atoms with Gasteiger partial charge in [-0.15, -0.1) is 11.6 Å². The third kappa shape index (κ3) is 2.52. The minimum Gasteiger partial charge on any atom is -0.278 e. The number of alkyl halides is 1. The van der Waals surface area contributed by atoms with Gasteiger partial charge in [-0.2, -0.15) is 0 Å². The highest BCUT2D eigenvalue weighted by atomic mass is 35.5. The van der Waals surface area contributed by atoms with Crippen LogP contribution in [-0.4, -0.2) is 14.5 Å². The van der Waals surface area contributed by atoms with Crippen molar-refractivity contribution < 1.29 is 0 Å². The topological polar surface area (TPSA) is 30.7 Å². The Balaban J connectivity index is 2.38. The number of aryl methyl sites for hydroxylation is 2. The SMILES string of the molecule is Cc1ccc(-n2c(C(C)Cl)nc3ccc(C)nc32)c(Cl)c1. The minimum atomic E-state index is -0.239. The predicted octanol–water partition coefficient (Wildman–Crippen LogP) is 4.99. The van der Waals surface area contributed by atoms with Crippen molar-refractivity contribution in [1.29, 1.82) is 0 Å². The fraction of sp³-hybridized carbons (Fsp3) is 0.250. The van der Waals surface area contributed by atoms with Gasteiger partial charge in [0, 0.05) is 5.69 Å². The second kappa shape index (κ2) is 5.32. The van der Waals surface area contributed by atoms with Crippen LogP contribution >= 0.6 is 23.2 Å². The van der Waals surface area contributed by atoms with Crippen LogP contribution in [0.15, 0.2) is 30.3 Å². The van der Waals surface area contributed by atoms with E-state index in [4.69, 9.17) is 23.2 Å². The largest absolute Gasteiger partial charge is 0.278 e. The van der Waals surface area contributed by atoms with Gasteiger partial charge in [0.05, 0.1) is 16.1 Å². The third-order valence-corrected chi connectivity index (χ3v) is 3.87. The summed E-state index contributed by atoms with van der Waals surface area (Å²) in [7, 11) is 0. The van der Waals surface area contributed by atoms with Crippen molar-refractivity contribution in [3.8, 4) is 5.69 Å². The van der Waals surface area contributed by atoms with Crippen molar-refractivity contribution in [2.75, 3.05) is 0 Å². The summed E-state index contributed by atoms with van der Waals surface area (Å²) in [5.74, 6) is 0.746. The molecule has 3 aromatic rings. The van der Waals surface area contributed by atoms with E-state index in [-0.39, 0.29) is 5.38 Å². The zero-order valence-electron chi connectivity index (χ0n) is 12.1. The molecule has 1 atom stereocenters. The molecule has 0 radical (unpaired) electrons. The highest BCUT2D eigenvalue weighted by Crippen LogP contribution is 2.31. The first-order chi connectivity index (χ1) is 9.97. The fourth-order valence-corrected chi connectivity index (χ4v) is 2.83. The summed E-state index contributed by atoms with van der Waals surface area (Å²) in [5, 5.41) is 0.424. The summed E-state index contributed by atoms with van der Waals surface area (Å²) >= 11 is 12.7. The molecule has 1 unspecified atom stereocenters. The molecule has 0 amide bonds. The number of fused-ring (bicyclic) bond motifs is 1. The Kier molecular flexibility index (Phi) is 3.64. The number of hydrogen-bond donors (Lipinski definition) is 0. The van der Waals surface area contributed by atoms with Gasteiger partial charge in [-0.05, 0) is 50.6 Å². The Bertz CT molecular complexity index is 822. The van der Waals surface area contributed by atoms with Crippen LogP contribution in [0.25, 0.3) is 16.9 Å². The number of rotatable bonds is 2. The number of aromatic nitrogens is 3. The summed E-state index contributed by atoms with van der Waals surface area (Å²) in [6, 6.07) is 9.83. The first kappa shape index (κ1) is 14.4. The number of nitrogens with zero attached hydrogens (tertiary/aromatic N) is 3. The van der Waals surface area contributed by atoms with Gasteiger partial charge in [0.2, 0.25) is 0 Å². The van der Waals surface area contributed by atoms with Crippen LogP contribution in [0.1, 0.15) is 29.4 Å². The van der Waals surface area contributed by atoms with E-state index < -0.39 is 0 Å². The lowest BCUT2D eigenvalue weighted by Crippen LogP contribution is -2.04. The number of hydrogen-bond acceptors (Lipinski definition) is 2. The quantitative estimate of drug-likeness (QED) is 0.623. The standard InChI is InChI=1S/C16H15Cl2N3/c1-9-4-7-14(12(18)8-9)21-15(11(3)17)20-13-6-5-10(2)19-16(13)21/h4-8,11H,1-3H3. The van der Waals surface area contributed by atoms with E-state index in [1.807, 2.05) is 55.7 Å². The molecule has 0 saturated heterocycles. The molecule has 2 heterocycles. The summed E-state index contributed by atoms with van der Waals surface area (Å²) in [5.41, 5.74) is 4.49. The maximum atomic E-state index is 6.42. The predicted molar refractivity (Wildman–Crippen MR) is 87.6 cm³/mol. The molecular weight excluding hydrogens is 305 g/mol. The molecule has 5 heteroatoms. The average Bonchev–Trinajstić information content (AvgIpc) is 2.77. The molecule has 0 fully saturated rings. The van der Waals surface area contributed by atoms with Crippen molar-refractivity contribution in [2.24, 2.45) is 0 Å². The van der Waals surface area contributed by atoms with E-state index >= 15 is 0 Å². The second-order valence-corrected chi connectivity index (χ2v) is 6.23. The van der Waals surface area contributed by atoms with E-state index in [1.165, 1.54) is 0 Å². The maximum Gasteiger partial charge on any atom is 0.165 e. The van der Waals surface area contributed by atoms with Gasteiger partial charge in [-0.1, -0.05) is 17.7 Å². The molecule has 3 rings (SSSR count). The molecule has 0 saturated carbocycles. The molecule has 21 heavy (non-hydrogen) atoms. The average molecular weight is 320 g/mol. The molecule has 0 aliphatic carbocycles. The fourth-order valence-electron chi connectivity index (χ4n) is 2.37. The summed E-state index contributed by atoms with van der Waals surface area (Å²) < 4.78 is 1.95. The lowest BCUT2D eigenvalue weighted by Gasteiger charge is -2.12. The van der Waals surface area contributed by atoms with Gasteiger partial charge in [0.25, 0.3) is 0 Å². The molecule has 3 nitrogen and oxygen atoms in total. The van der Waals surface area contributed by atoms with Gasteiger partial charge in [0.15, 0.2) is 5.65 Å². The Morgan fingerprint density at radius 1 is 1.10 bits per heavy atom. The minimum absolute atomic E-state index is 0.239. The molecule has 2 aromatic heterocycles. The monoisotopic (exact) mass is 319 g/mol. The van der Waals surface area contributed by atoms with Crippen LogP contribution < -0.4 is 0 Å². The van der Waals surface area contributed by atoms with Gasteiger partial charge in [-0.25, -0.2) is 9.97 Å². The smallest absolute Gasteiger partial charge is 0.165 e. The van der Waals surface area contributed by atoms with Crippen molar-refractivity contribution in [3.63, 3.8) is 0 Å². The molecule has 0 N–H and O–H groups in total. The van der Waals surface area contributed by atoms with Crippen molar-refractivity contribution in [1.82, 2.24) is 14.5 Å². The number of halogens is 2. The Morgan fingerprint density at radius 3 is 2.52 bits per heavy atom. The van der Waals surface area contributed by atoms with Crippen LogP contribution in [0.4, 0.5) is 0 Å². The van der Waals surface area contributed by atoms with Gasteiger partial charge in [0.1, 0.15) is 11.3 Å². The molecular formula is C16H15Cl2N3. The Labute approximate surface area is 133 Å². The van der Waals surface area contributed by atoms with Gasteiger partial charge < -0.3 is 0 Å². The molecule has 0 spiro atoms. The zero-order valence-corrected chi connectivity index (χ0v) is 13.6. The van der Waals surface area contributed by atoms with Crippen LogP contribution in [-0.2, 0) is 0 Å². The van der Waals surface area contributed by atoms with Crippen LogP contribution in [0.2, 0.25) is 5.02 Å². The first-order valence-corrected chi connectivity index (χ1v) is 7.55. The van der Waals surface area contributed by atoms with E-state index in [0.29, 0.717) is 5.02 Å². The number of imidazole rings is 1. The normalized spacial score (nSPS) is 12.8. The molecule has 0 aliphatic rings. The molecule has 0 bridgehead atoms. The number of benzene rings is 1. The maximum absolute atomic E-state index is 6.42. The Morgan fingerprint density at radius 2 is 1.86 bits per heavy atom. The summed E-state index contributed by atoms with van der Waals surface area (Å²) in [6.45, 7) is 5.86. The summed E-state index contributed by atoms with van der Waals surface area (Å²) in [4.78, 5) is 9.20. The lowest BCUT2D eigenvalue weighted by atomic mass is 10.2. The van der Waals surface area contributed by atoms with Crippen LogP contribution in [0.3, 0.4) is 0 Å². The third-order valence-electron chi connectivity index (χ3n) is 3.37. The van der Waals surface area contributed by atoms with E-state index in [9.17, 15) is 0 Å². The van der Waals surface area contributed by atoms with Crippen molar-refractivity contribution in [3.05, 3.63) is 52.4 Å². The second-order valence-electron chi connectivity index (χ2n) is 5.17. The van der Waals surface area contributed by atoms with Gasteiger partial charge in [-0.3, -0.25) is 4.57 Å². The van der Waals surface area contributed by atoms with E-state index in [0.717, 1.165) is 33.9 Å². The zero-order chi connectivity index (χ0) is 15.1. The van der Waals surface area contributed by atoms with Crippen LogP contribution in [0.5, 0.6) is 0 Å². The summed E-state index contributed by atoms with van der Waals surface area (Å²) in [6.07, 6.45) is 0. The van der Waals surface area contributed by atoms with E-state index in [1.54, 1.807) is 0 Å². The van der Waals surface area contributed by atoms with E-state index in [2.05, 4.69) is 9.97 Å². The van der Waals surface area contributed by atoms with Gasteiger partial charge >= 0.3 is 0 Å². The highest BCUT2D eigenvalue weighted by Gasteiger charge is 2.19. The van der Waals surface area contributed by atoms with Crippen molar-refractivity contribution >= 4 is 34.4 Å². The Hall–Kier alpha value is -1.58. The van der Waals surface area contributed by atoms with Crippen molar-refractivity contribution in [2.45, 2.75) is 26.1 Å². The highest BCUT2D eigenvalue weighted by molar-refractivity contribution is 6.32. The molecule has 1 aromatic carbocycles. The van der Waals surface area contributed by atoms with Crippen LogP contribution in [0, 0.1) is 13.8 Å². The lowest BCUT2D eigenvalue weighted by molar-refractivity contribution is 0.876. The molecule has 108 valence electrons. The number of pyridine rings is 1. The first-order valence-electron chi connectivity index (χ1n) is 6.74. The molecule has 0 aliphatic heterocycles.